The van der Waals surface area contributed by atoms with Gasteiger partial charge in [-0.2, -0.15) is 0 Å². The highest BCUT2D eigenvalue weighted by Crippen LogP contribution is 2.15. The van der Waals surface area contributed by atoms with Gasteiger partial charge in [0, 0.05) is 18.2 Å². The van der Waals surface area contributed by atoms with E-state index in [1.54, 1.807) is 0 Å². The van der Waals surface area contributed by atoms with Crippen LogP contribution in [0, 0.1) is 17.5 Å². The molecule has 0 radical (unpaired) electrons. The van der Waals surface area contributed by atoms with Crippen molar-refractivity contribution < 1.29 is 27.7 Å². The summed E-state index contributed by atoms with van der Waals surface area (Å²) in [6.07, 6.45) is -0.511. The van der Waals surface area contributed by atoms with Crippen LogP contribution < -0.4 is 0 Å². The van der Waals surface area contributed by atoms with E-state index in [-0.39, 0.29) is 24.1 Å². The topological polar surface area (TPSA) is 58.9 Å². The molecule has 4 nitrogen and oxygen atoms in total. The average molecular weight is 287 g/mol. The number of carbonyl (C=O) groups is 1. The van der Waals surface area contributed by atoms with Gasteiger partial charge in [0.15, 0.2) is 11.6 Å². The molecule has 1 N–H and O–H groups in total. The van der Waals surface area contributed by atoms with E-state index in [1.807, 2.05) is 0 Å². The summed E-state index contributed by atoms with van der Waals surface area (Å²) in [7, 11) is 0.0588. The molecular weight excluding hydrogens is 274 g/mol. The summed E-state index contributed by atoms with van der Waals surface area (Å²) < 4.78 is 43.8. The van der Waals surface area contributed by atoms with Crippen LogP contribution in [0.15, 0.2) is 17.0 Å². The molecule has 0 saturated carbocycles. The Labute approximate surface area is 114 Å². The number of esters is 1. The SMILES string of the molecule is COC(=O)CC(Cc1cc(F)c(F)cc1F)=NB(C)O. The van der Waals surface area contributed by atoms with Gasteiger partial charge >= 0.3 is 13.0 Å². The third-order valence-corrected chi connectivity index (χ3v) is 2.43. The zero-order valence-corrected chi connectivity index (χ0v) is 11.0. The first-order valence-corrected chi connectivity index (χ1v) is 5.77. The third-order valence-electron chi connectivity index (χ3n) is 2.43. The molecule has 0 aliphatic rings. The molecule has 1 aromatic rings. The van der Waals surface area contributed by atoms with Gasteiger partial charge in [0.2, 0.25) is 0 Å². The first-order chi connectivity index (χ1) is 9.33. The molecule has 8 heteroatoms. The average Bonchev–Trinajstić information content (AvgIpc) is 2.34. The number of rotatable bonds is 5. The smallest absolute Gasteiger partial charge is 0.428 e. The normalized spacial score (nSPS) is 11.4. The van der Waals surface area contributed by atoms with Crippen molar-refractivity contribution in [2.45, 2.75) is 19.7 Å². The zero-order chi connectivity index (χ0) is 15.3. The second-order valence-electron chi connectivity index (χ2n) is 4.11. The van der Waals surface area contributed by atoms with Crippen molar-refractivity contribution in [3.8, 4) is 0 Å². The summed E-state index contributed by atoms with van der Waals surface area (Å²) in [5.41, 5.74) is -0.0519. The first kappa shape index (κ1) is 16.2. The number of hydrogen-bond donors (Lipinski definition) is 1. The molecule has 0 heterocycles. The van der Waals surface area contributed by atoms with Crippen LogP contribution in [0.1, 0.15) is 12.0 Å². The van der Waals surface area contributed by atoms with Crippen LogP contribution in [0.2, 0.25) is 6.82 Å². The maximum Gasteiger partial charge on any atom is 0.428 e. The predicted octanol–water partition coefficient (Wildman–Crippen LogP) is 1.76. The number of methoxy groups -OCH3 is 1. The number of halogens is 3. The van der Waals surface area contributed by atoms with E-state index in [0.29, 0.717) is 12.1 Å². The highest BCUT2D eigenvalue weighted by Gasteiger charge is 2.15. The first-order valence-electron chi connectivity index (χ1n) is 5.77. The summed E-state index contributed by atoms with van der Waals surface area (Å²) >= 11 is 0. The maximum absolute atomic E-state index is 13.5. The van der Waals surface area contributed by atoms with Gasteiger partial charge in [-0.1, -0.05) is 0 Å². The predicted molar refractivity (Wildman–Crippen MR) is 67.9 cm³/mol. The highest BCUT2D eigenvalue weighted by atomic mass is 19.2. The Morgan fingerprint density at radius 1 is 1.30 bits per heavy atom. The minimum Gasteiger partial charge on any atom is -0.469 e. The van der Waals surface area contributed by atoms with E-state index in [4.69, 9.17) is 0 Å². The minimum absolute atomic E-state index is 0.108. The molecule has 0 saturated heterocycles. The molecule has 0 aliphatic heterocycles. The van der Waals surface area contributed by atoms with Gasteiger partial charge in [0.25, 0.3) is 0 Å². The molecule has 0 aromatic heterocycles. The van der Waals surface area contributed by atoms with Gasteiger partial charge in [0.1, 0.15) is 5.82 Å². The van der Waals surface area contributed by atoms with E-state index in [0.717, 1.165) is 0 Å². The van der Waals surface area contributed by atoms with Crippen molar-refractivity contribution in [1.29, 1.82) is 0 Å². The molecule has 0 spiro atoms. The summed E-state index contributed by atoms with van der Waals surface area (Å²) in [4.78, 5) is 14.9. The molecule has 0 fully saturated rings. The third kappa shape index (κ3) is 4.69. The summed E-state index contributed by atoms with van der Waals surface area (Å²) in [6.45, 7) is 1.35. The molecule has 0 amide bonds. The fraction of sp³-hybridized carbons (Fsp3) is 0.333. The van der Waals surface area contributed by atoms with Crippen LogP contribution in [0.4, 0.5) is 13.2 Å². The Morgan fingerprint density at radius 3 is 2.45 bits per heavy atom. The van der Waals surface area contributed by atoms with E-state index >= 15 is 0 Å². The number of benzene rings is 1. The number of ether oxygens (including phenoxy) is 1. The Kier molecular flexibility index (Phi) is 5.75. The van der Waals surface area contributed by atoms with Crippen LogP contribution >= 0.6 is 0 Å². The lowest BCUT2D eigenvalue weighted by atomic mass is 9.89. The minimum atomic E-state index is -1.30. The Morgan fingerprint density at radius 2 is 1.90 bits per heavy atom. The fourth-order valence-corrected chi connectivity index (χ4v) is 1.58. The standard InChI is InChI=1S/C12H13BF3NO3/c1-13(19)17-8(5-12(18)20-2)3-7-4-10(15)11(16)6-9(7)14/h4,6,19H,3,5H2,1-2H3. The lowest BCUT2D eigenvalue weighted by molar-refractivity contribution is -0.139. The van der Waals surface area contributed by atoms with Crippen molar-refractivity contribution in [2.24, 2.45) is 4.90 Å². The number of hydrogen-bond acceptors (Lipinski definition) is 4. The molecule has 0 atom stereocenters. The van der Waals surface area contributed by atoms with Crippen LogP contribution in [0.5, 0.6) is 0 Å². The molecule has 1 aromatic carbocycles. The van der Waals surface area contributed by atoms with Crippen molar-refractivity contribution in [3.05, 3.63) is 35.1 Å². The van der Waals surface area contributed by atoms with Crippen LogP contribution in [-0.2, 0) is 16.0 Å². The Balaban J connectivity index is 3.01. The molecule has 20 heavy (non-hydrogen) atoms. The molecule has 0 unspecified atom stereocenters. The molecular formula is C12H13BF3NO3. The van der Waals surface area contributed by atoms with Crippen molar-refractivity contribution >= 4 is 18.7 Å². The lowest BCUT2D eigenvalue weighted by Gasteiger charge is -2.08. The monoisotopic (exact) mass is 287 g/mol. The van der Waals surface area contributed by atoms with E-state index < -0.39 is 30.5 Å². The molecule has 108 valence electrons. The van der Waals surface area contributed by atoms with Gasteiger partial charge in [-0.3, -0.25) is 4.79 Å². The van der Waals surface area contributed by atoms with E-state index in [2.05, 4.69) is 9.64 Å². The highest BCUT2D eigenvalue weighted by molar-refractivity contribution is 6.48. The van der Waals surface area contributed by atoms with Crippen molar-refractivity contribution in [2.75, 3.05) is 7.11 Å². The van der Waals surface area contributed by atoms with Crippen molar-refractivity contribution in [1.82, 2.24) is 0 Å². The fourth-order valence-electron chi connectivity index (χ4n) is 1.58. The Hall–Kier alpha value is -1.83. The summed E-state index contributed by atoms with van der Waals surface area (Å²) in [5, 5.41) is 9.19. The van der Waals surface area contributed by atoms with Gasteiger partial charge in [-0.15, -0.1) is 0 Å². The van der Waals surface area contributed by atoms with Crippen LogP contribution in [-0.4, -0.2) is 30.9 Å². The van der Waals surface area contributed by atoms with E-state index in [1.165, 1.54) is 13.9 Å². The van der Waals surface area contributed by atoms with Crippen molar-refractivity contribution in [3.63, 3.8) is 0 Å². The van der Waals surface area contributed by atoms with Crippen LogP contribution in [0.25, 0.3) is 0 Å². The quantitative estimate of drug-likeness (QED) is 0.388. The Bertz CT molecular complexity index is 535. The second-order valence-corrected chi connectivity index (χ2v) is 4.11. The van der Waals surface area contributed by atoms with Gasteiger partial charge < -0.3 is 14.7 Å². The van der Waals surface area contributed by atoms with Crippen LogP contribution in [0.3, 0.4) is 0 Å². The summed E-state index contributed by atoms with van der Waals surface area (Å²) in [5.74, 6) is -4.08. The molecule has 0 bridgehead atoms. The maximum atomic E-state index is 13.5. The zero-order valence-electron chi connectivity index (χ0n) is 11.0. The van der Waals surface area contributed by atoms with E-state index in [9.17, 15) is 23.0 Å². The van der Waals surface area contributed by atoms with Gasteiger partial charge in [-0.25, -0.2) is 13.2 Å². The lowest BCUT2D eigenvalue weighted by Crippen LogP contribution is -2.17. The molecule has 0 aliphatic carbocycles. The number of carbonyl (C=O) groups excluding carboxylic acids is 1. The largest absolute Gasteiger partial charge is 0.469 e. The van der Waals surface area contributed by atoms with Gasteiger partial charge in [-0.05, 0) is 18.5 Å². The van der Waals surface area contributed by atoms with Gasteiger partial charge in [0.05, 0.1) is 13.5 Å². The number of nitrogens with zero attached hydrogens (tertiary/aromatic N) is 1. The second kappa shape index (κ2) is 7.09. The molecule has 1 rings (SSSR count). The summed E-state index contributed by atoms with van der Waals surface area (Å²) in [6, 6.07) is 1.11.